The molecule has 2 aromatic carbocycles. The lowest BCUT2D eigenvalue weighted by Crippen LogP contribution is -2.26. The minimum absolute atomic E-state index is 0.0558. The first-order valence-corrected chi connectivity index (χ1v) is 7.44. The molecule has 4 rings (SSSR count). The summed E-state index contributed by atoms with van der Waals surface area (Å²) in [5.41, 5.74) is 5.74. The molecule has 0 unspecified atom stereocenters. The van der Waals surface area contributed by atoms with E-state index in [4.69, 9.17) is 0 Å². The first-order valence-electron chi connectivity index (χ1n) is 7.44. The summed E-state index contributed by atoms with van der Waals surface area (Å²) in [6.45, 7) is 0. The van der Waals surface area contributed by atoms with Crippen LogP contribution in [0.1, 0.15) is 41.5 Å². The van der Waals surface area contributed by atoms with Crippen LogP contribution in [0, 0.1) is 0 Å². The number of carbonyl (C=O) groups is 1. The molecule has 0 N–H and O–H groups in total. The Bertz CT molecular complexity index is 686. The van der Waals surface area contributed by atoms with Crippen LogP contribution in [0.3, 0.4) is 0 Å². The van der Waals surface area contributed by atoms with E-state index in [0.29, 0.717) is 5.78 Å². The van der Waals surface area contributed by atoms with E-state index in [1.54, 1.807) is 0 Å². The summed E-state index contributed by atoms with van der Waals surface area (Å²) < 4.78 is 0. The van der Waals surface area contributed by atoms with Crippen LogP contribution >= 0.6 is 0 Å². The first-order chi connectivity index (χ1) is 9.77. The molecule has 0 aromatic heterocycles. The summed E-state index contributed by atoms with van der Waals surface area (Å²) in [6, 6.07) is 17.5. The first kappa shape index (κ1) is 11.9. The van der Waals surface area contributed by atoms with E-state index in [1.165, 1.54) is 22.3 Å². The Balaban J connectivity index is 1.93. The van der Waals surface area contributed by atoms with Gasteiger partial charge in [0.15, 0.2) is 0 Å². The molecule has 100 valence electrons. The van der Waals surface area contributed by atoms with Crippen LogP contribution in [-0.2, 0) is 23.1 Å². The van der Waals surface area contributed by atoms with Gasteiger partial charge in [-0.3, -0.25) is 4.79 Å². The molecule has 0 bridgehead atoms. The Morgan fingerprint density at radius 2 is 1.50 bits per heavy atom. The van der Waals surface area contributed by atoms with E-state index in [2.05, 4.69) is 48.5 Å². The Kier molecular flexibility index (Phi) is 2.56. The van der Waals surface area contributed by atoms with Gasteiger partial charge in [0, 0.05) is 18.3 Å². The number of Topliss-reactive ketones (excluding diaryl/α,β-unsaturated/α-hetero) is 1. The second-order valence-electron chi connectivity index (χ2n) is 6.28. The molecule has 1 atom stereocenters. The molecule has 2 aliphatic rings. The van der Waals surface area contributed by atoms with Crippen LogP contribution in [-0.4, -0.2) is 5.78 Å². The van der Waals surface area contributed by atoms with Crippen LogP contribution in [0.2, 0.25) is 0 Å². The Labute approximate surface area is 119 Å². The molecule has 1 nitrogen and oxygen atoms in total. The molecular weight excluding hydrogens is 244 g/mol. The van der Waals surface area contributed by atoms with Crippen molar-refractivity contribution in [2.75, 3.05) is 0 Å². The topological polar surface area (TPSA) is 17.1 Å². The van der Waals surface area contributed by atoms with Gasteiger partial charge in [0.1, 0.15) is 5.78 Å². The summed E-state index contributed by atoms with van der Waals surface area (Å²) in [5.74, 6) is 0.430. The number of hydrogen-bond donors (Lipinski definition) is 0. The Morgan fingerprint density at radius 1 is 0.800 bits per heavy atom. The van der Waals surface area contributed by atoms with Crippen molar-refractivity contribution < 1.29 is 4.79 Å². The van der Waals surface area contributed by atoms with Gasteiger partial charge in [-0.05, 0) is 41.5 Å². The van der Waals surface area contributed by atoms with Crippen molar-refractivity contribution in [3.8, 4) is 0 Å². The highest BCUT2D eigenvalue weighted by Gasteiger charge is 2.42. The van der Waals surface area contributed by atoms with Gasteiger partial charge in [0.25, 0.3) is 0 Å². The molecule has 0 heterocycles. The maximum Gasteiger partial charge on any atom is 0.133 e. The van der Waals surface area contributed by atoms with Crippen molar-refractivity contribution in [3.05, 3.63) is 70.8 Å². The Hall–Kier alpha value is -1.89. The second kappa shape index (κ2) is 4.31. The smallest absolute Gasteiger partial charge is 0.133 e. The van der Waals surface area contributed by atoms with Gasteiger partial charge in [-0.2, -0.15) is 0 Å². The molecule has 0 saturated heterocycles. The zero-order valence-corrected chi connectivity index (χ0v) is 11.6. The highest BCUT2D eigenvalue weighted by molar-refractivity contribution is 5.83. The van der Waals surface area contributed by atoms with Crippen LogP contribution in [0.25, 0.3) is 0 Å². The third-order valence-electron chi connectivity index (χ3n) is 5.03. The summed E-state index contributed by atoms with van der Waals surface area (Å²) in [6.07, 6.45) is 4.50. The summed E-state index contributed by atoms with van der Waals surface area (Å²) >= 11 is 0. The van der Waals surface area contributed by atoms with Crippen molar-refractivity contribution in [2.24, 2.45) is 0 Å². The van der Waals surface area contributed by atoms with Gasteiger partial charge < -0.3 is 0 Å². The van der Waals surface area contributed by atoms with Gasteiger partial charge in [-0.1, -0.05) is 48.5 Å². The number of hydrogen-bond acceptors (Lipinski definition) is 1. The van der Waals surface area contributed by atoms with Crippen LogP contribution in [0.5, 0.6) is 0 Å². The minimum Gasteiger partial charge on any atom is -0.300 e. The average Bonchev–Trinajstić information content (AvgIpc) is 2.77. The monoisotopic (exact) mass is 262 g/mol. The number of carbonyl (C=O) groups excluding carboxylic acids is 1. The fraction of sp³-hybridized carbons (Fsp3) is 0.316. The maximum atomic E-state index is 12.0. The zero-order chi connectivity index (χ0) is 13.6. The SMILES string of the molecule is O=C1CC[C@]2(C1)Cc1ccccc1Cc1ccccc12. The normalized spacial score (nSPS) is 24.3. The van der Waals surface area contributed by atoms with E-state index in [-0.39, 0.29) is 5.41 Å². The minimum atomic E-state index is 0.0558. The number of fused-ring (bicyclic) bond motifs is 3. The zero-order valence-electron chi connectivity index (χ0n) is 11.6. The molecular formula is C19H18O. The van der Waals surface area contributed by atoms with E-state index >= 15 is 0 Å². The molecule has 1 heteroatoms. The van der Waals surface area contributed by atoms with Crippen molar-refractivity contribution >= 4 is 5.78 Å². The van der Waals surface area contributed by atoms with Gasteiger partial charge in [-0.15, -0.1) is 0 Å². The predicted molar refractivity (Wildman–Crippen MR) is 79.9 cm³/mol. The maximum absolute atomic E-state index is 12.0. The number of ketones is 1. The Morgan fingerprint density at radius 3 is 2.25 bits per heavy atom. The molecule has 0 radical (unpaired) electrons. The fourth-order valence-electron chi connectivity index (χ4n) is 4.07. The van der Waals surface area contributed by atoms with Crippen LogP contribution in [0.4, 0.5) is 0 Å². The number of rotatable bonds is 0. The van der Waals surface area contributed by atoms with E-state index < -0.39 is 0 Å². The molecule has 2 aliphatic carbocycles. The fourth-order valence-corrected chi connectivity index (χ4v) is 4.07. The highest BCUT2D eigenvalue weighted by Crippen LogP contribution is 2.46. The third kappa shape index (κ3) is 1.73. The van der Waals surface area contributed by atoms with Crippen molar-refractivity contribution in [1.29, 1.82) is 0 Å². The molecule has 2 aromatic rings. The average molecular weight is 262 g/mol. The quantitative estimate of drug-likeness (QED) is 0.705. The largest absolute Gasteiger partial charge is 0.300 e. The third-order valence-corrected chi connectivity index (χ3v) is 5.03. The molecule has 0 amide bonds. The molecule has 1 fully saturated rings. The second-order valence-corrected chi connectivity index (χ2v) is 6.28. The van der Waals surface area contributed by atoms with Crippen molar-refractivity contribution in [2.45, 2.75) is 37.5 Å². The number of benzene rings is 2. The summed E-state index contributed by atoms with van der Waals surface area (Å²) in [7, 11) is 0. The van der Waals surface area contributed by atoms with E-state index in [1.807, 2.05) is 0 Å². The summed E-state index contributed by atoms with van der Waals surface area (Å²) in [5, 5.41) is 0. The van der Waals surface area contributed by atoms with Gasteiger partial charge in [0.05, 0.1) is 0 Å². The lowest BCUT2D eigenvalue weighted by atomic mass is 9.74. The molecule has 1 spiro atoms. The van der Waals surface area contributed by atoms with Gasteiger partial charge >= 0.3 is 0 Å². The molecule has 1 saturated carbocycles. The van der Waals surface area contributed by atoms with E-state index in [0.717, 1.165) is 32.1 Å². The predicted octanol–water partition coefficient (Wildman–Crippen LogP) is 3.82. The molecule has 0 aliphatic heterocycles. The van der Waals surface area contributed by atoms with Gasteiger partial charge in [-0.25, -0.2) is 0 Å². The highest BCUT2D eigenvalue weighted by atomic mass is 16.1. The van der Waals surface area contributed by atoms with Gasteiger partial charge in [0.2, 0.25) is 0 Å². The van der Waals surface area contributed by atoms with Crippen molar-refractivity contribution in [3.63, 3.8) is 0 Å². The summed E-state index contributed by atoms with van der Waals surface area (Å²) in [4.78, 5) is 12.0. The van der Waals surface area contributed by atoms with E-state index in [9.17, 15) is 4.79 Å². The molecule has 20 heavy (non-hydrogen) atoms. The standard InChI is InChI=1S/C19H18O/c20-17-9-10-19(13-17)12-16-7-2-1-5-14(16)11-15-6-3-4-8-18(15)19/h1-8H,9-13H2/t19-/m1/s1. The van der Waals surface area contributed by atoms with Crippen LogP contribution in [0.15, 0.2) is 48.5 Å². The van der Waals surface area contributed by atoms with Crippen LogP contribution < -0.4 is 0 Å². The lowest BCUT2D eigenvalue weighted by molar-refractivity contribution is -0.117. The lowest BCUT2D eigenvalue weighted by Gasteiger charge is -2.29. The van der Waals surface area contributed by atoms with Crippen molar-refractivity contribution in [1.82, 2.24) is 0 Å².